The molecular formula is C18H19FN4O3. The molecule has 1 saturated heterocycles. The molecule has 0 saturated carbocycles. The Bertz CT molecular complexity index is 904. The Labute approximate surface area is 149 Å². The van der Waals surface area contributed by atoms with E-state index in [1.165, 1.54) is 28.9 Å². The zero-order valence-corrected chi connectivity index (χ0v) is 14.4. The number of likely N-dealkylation sites (tertiary alicyclic amines) is 1. The number of carbonyl (C=O) groups is 2. The van der Waals surface area contributed by atoms with Gasteiger partial charge >= 0.3 is 0 Å². The van der Waals surface area contributed by atoms with Crippen molar-refractivity contribution in [3.05, 3.63) is 57.8 Å². The molecule has 1 aromatic carbocycles. The Balaban J connectivity index is 1.82. The van der Waals surface area contributed by atoms with Crippen LogP contribution in [-0.4, -0.2) is 46.1 Å². The van der Waals surface area contributed by atoms with E-state index < -0.39 is 17.2 Å². The molecule has 3 rings (SSSR count). The lowest BCUT2D eigenvalue weighted by atomic mass is 10.2. The van der Waals surface area contributed by atoms with E-state index in [1.54, 1.807) is 17.9 Å². The number of para-hydroxylation sites is 1. The molecule has 0 unspecified atom stereocenters. The lowest BCUT2D eigenvalue weighted by Crippen LogP contribution is -2.40. The van der Waals surface area contributed by atoms with Crippen LogP contribution in [0.25, 0.3) is 5.69 Å². The van der Waals surface area contributed by atoms with Crippen LogP contribution in [0.1, 0.15) is 29.0 Å². The number of hydrogen-bond donors (Lipinski definition) is 1. The van der Waals surface area contributed by atoms with Crippen molar-refractivity contribution in [1.82, 2.24) is 20.0 Å². The summed E-state index contributed by atoms with van der Waals surface area (Å²) in [5.74, 6) is -1.48. The van der Waals surface area contributed by atoms with Gasteiger partial charge in [0.1, 0.15) is 11.5 Å². The summed E-state index contributed by atoms with van der Waals surface area (Å²) in [5, 5.41) is 6.43. The number of halogens is 1. The molecule has 0 aliphatic carbocycles. The van der Waals surface area contributed by atoms with Gasteiger partial charge in [0.15, 0.2) is 5.69 Å². The fourth-order valence-corrected chi connectivity index (χ4v) is 2.89. The lowest BCUT2D eigenvalue weighted by molar-refractivity contribution is -0.129. The highest BCUT2D eigenvalue weighted by Crippen LogP contribution is 2.13. The number of aromatic nitrogens is 2. The summed E-state index contributed by atoms with van der Waals surface area (Å²) >= 11 is 0. The van der Waals surface area contributed by atoms with Gasteiger partial charge in [0.2, 0.25) is 11.3 Å². The summed E-state index contributed by atoms with van der Waals surface area (Å²) in [4.78, 5) is 38.1. The predicted molar refractivity (Wildman–Crippen MR) is 92.7 cm³/mol. The van der Waals surface area contributed by atoms with Gasteiger partial charge in [-0.3, -0.25) is 14.4 Å². The first-order chi connectivity index (χ1) is 12.5. The highest BCUT2D eigenvalue weighted by molar-refractivity contribution is 5.94. The number of nitrogens with zero attached hydrogens (tertiary/aromatic N) is 3. The van der Waals surface area contributed by atoms with Crippen molar-refractivity contribution < 1.29 is 14.0 Å². The Morgan fingerprint density at radius 1 is 1.23 bits per heavy atom. The molecule has 26 heavy (non-hydrogen) atoms. The van der Waals surface area contributed by atoms with Gasteiger partial charge in [0.25, 0.3) is 5.91 Å². The highest BCUT2D eigenvalue weighted by Gasteiger charge is 2.21. The van der Waals surface area contributed by atoms with Gasteiger partial charge in [0.05, 0.1) is 6.54 Å². The van der Waals surface area contributed by atoms with Gasteiger partial charge in [-0.2, -0.15) is 5.10 Å². The van der Waals surface area contributed by atoms with Crippen LogP contribution in [0.2, 0.25) is 0 Å². The number of aryl methyl sites for hydroxylation is 1. The maximum Gasteiger partial charge on any atom is 0.276 e. The summed E-state index contributed by atoms with van der Waals surface area (Å²) in [5.41, 5.74) is -0.439. The highest BCUT2D eigenvalue weighted by atomic mass is 19.1. The van der Waals surface area contributed by atoms with E-state index in [0.29, 0.717) is 18.8 Å². The molecule has 2 amide bonds. The summed E-state index contributed by atoms with van der Waals surface area (Å²) in [7, 11) is 0. The van der Waals surface area contributed by atoms with Crippen molar-refractivity contribution in [3.8, 4) is 5.69 Å². The van der Waals surface area contributed by atoms with E-state index in [2.05, 4.69) is 10.4 Å². The summed E-state index contributed by atoms with van der Waals surface area (Å²) in [6.07, 6.45) is 1.90. The minimum absolute atomic E-state index is 0.132. The van der Waals surface area contributed by atoms with Gasteiger partial charge in [-0.25, -0.2) is 9.07 Å². The number of hydrogen-bond acceptors (Lipinski definition) is 4. The molecule has 0 atom stereocenters. The predicted octanol–water partition coefficient (Wildman–Crippen LogP) is 1.03. The topological polar surface area (TPSA) is 84.3 Å². The van der Waals surface area contributed by atoms with Crippen molar-refractivity contribution in [3.63, 3.8) is 0 Å². The Morgan fingerprint density at radius 3 is 2.62 bits per heavy atom. The Hall–Kier alpha value is -3.03. The maximum absolute atomic E-state index is 14.0. The molecule has 8 heteroatoms. The molecule has 1 N–H and O–H groups in total. The fourth-order valence-electron chi connectivity index (χ4n) is 2.89. The number of benzene rings is 1. The third-order valence-electron chi connectivity index (χ3n) is 4.26. The molecule has 0 bridgehead atoms. The van der Waals surface area contributed by atoms with Crippen LogP contribution >= 0.6 is 0 Å². The number of nitrogens with one attached hydrogen (secondary N) is 1. The zero-order valence-electron chi connectivity index (χ0n) is 14.4. The molecule has 7 nitrogen and oxygen atoms in total. The molecule has 0 spiro atoms. The van der Waals surface area contributed by atoms with Crippen LogP contribution < -0.4 is 10.7 Å². The first-order valence-corrected chi connectivity index (χ1v) is 8.39. The average Bonchev–Trinajstić information content (AvgIpc) is 3.15. The lowest BCUT2D eigenvalue weighted by Gasteiger charge is -2.15. The molecule has 1 fully saturated rings. The van der Waals surface area contributed by atoms with E-state index in [0.717, 1.165) is 12.8 Å². The number of rotatable bonds is 4. The fraction of sp³-hybridized carbons (Fsp3) is 0.333. The van der Waals surface area contributed by atoms with Crippen molar-refractivity contribution in [2.45, 2.75) is 19.8 Å². The van der Waals surface area contributed by atoms with Crippen molar-refractivity contribution >= 4 is 11.8 Å². The molecule has 136 valence electrons. The van der Waals surface area contributed by atoms with Crippen molar-refractivity contribution in [2.75, 3.05) is 19.6 Å². The van der Waals surface area contributed by atoms with E-state index in [4.69, 9.17) is 0 Å². The Kier molecular flexibility index (Phi) is 5.11. The van der Waals surface area contributed by atoms with Gasteiger partial charge < -0.3 is 10.2 Å². The summed E-state index contributed by atoms with van der Waals surface area (Å²) < 4.78 is 15.2. The van der Waals surface area contributed by atoms with E-state index in [1.807, 2.05) is 0 Å². The van der Waals surface area contributed by atoms with Gasteiger partial charge in [-0.1, -0.05) is 12.1 Å². The largest absolute Gasteiger partial charge is 0.341 e. The number of amides is 2. The van der Waals surface area contributed by atoms with Crippen molar-refractivity contribution in [2.24, 2.45) is 0 Å². The maximum atomic E-state index is 14.0. The third kappa shape index (κ3) is 3.63. The van der Waals surface area contributed by atoms with E-state index in [-0.39, 0.29) is 23.8 Å². The van der Waals surface area contributed by atoms with E-state index in [9.17, 15) is 18.8 Å². The molecule has 1 aliphatic heterocycles. The molecule has 2 aromatic rings. The van der Waals surface area contributed by atoms with Gasteiger partial charge in [0, 0.05) is 24.8 Å². The van der Waals surface area contributed by atoms with Crippen LogP contribution in [0.15, 0.2) is 35.1 Å². The molecular weight excluding hydrogens is 339 g/mol. The number of carbonyl (C=O) groups excluding carboxylic acids is 2. The quantitative estimate of drug-likeness (QED) is 0.885. The second-order valence-corrected chi connectivity index (χ2v) is 6.13. The van der Waals surface area contributed by atoms with E-state index >= 15 is 0 Å². The second-order valence-electron chi connectivity index (χ2n) is 6.13. The minimum Gasteiger partial charge on any atom is -0.341 e. The SMILES string of the molecule is Cc1cc(=O)c(C(=O)NCC(=O)N2CCCC2)nn1-c1ccccc1F. The monoisotopic (exact) mass is 358 g/mol. The van der Waals surface area contributed by atoms with Crippen LogP contribution in [0.3, 0.4) is 0 Å². The first-order valence-electron chi connectivity index (χ1n) is 8.39. The van der Waals surface area contributed by atoms with Gasteiger partial charge in [-0.05, 0) is 31.9 Å². The first kappa shape index (κ1) is 17.8. The van der Waals surface area contributed by atoms with Crippen LogP contribution in [0.5, 0.6) is 0 Å². The molecule has 1 aromatic heterocycles. The van der Waals surface area contributed by atoms with Crippen molar-refractivity contribution in [1.29, 1.82) is 0 Å². The van der Waals surface area contributed by atoms with Crippen LogP contribution in [-0.2, 0) is 4.79 Å². The normalized spacial score (nSPS) is 13.7. The molecule has 2 heterocycles. The van der Waals surface area contributed by atoms with Crippen LogP contribution in [0.4, 0.5) is 4.39 Å². The zero-order chi connectivity index (χ0) is 18.7. The Morgan fingerprint density at radius 2 is 1.92 bits per heavy atom. The molecule has 1 aliphatic rings. The molecule has 0 radical (unpaired) electrons. The average molecular weight is 358 g/mol. The standard InChI is InChI=1S/C18H19FN4O3/c1-12-10-15(24)17(21-23(12)14-7-3-2-6-13(14)19)18(26)20-11-16(25)22-8-4-5-9-22/h2-3,6-7,10H,4-5,8-9,11H2,1H3,(H,20,26). The summed E-state index contributed by atoms with van der Waals surface area (Å²) in [6.45, 7) is 2.75. The smallest absolute Gasteiger partial charge is 0.276 e. The summed E-state index contributed by atoms with van der Waals surface area (Å²) in [6, 6.07) is 7.15. The second kappa shape index (κ2) is 7.47. The van der Waals surface area contributed by atoms with Gasteiger partial charge in [-0.15, -0.1) is 0 Å². The minimum atomic E-state index is -0.757. The van der Waals surface area contributed by atoms with Crippen LogP contribution in [0, 0.1) is 12.7 Å². The third-order valence-corrected chi connectivity index (χ3v) is 4.26.